The molecule has 0 aromatic heterocycles. The lowest BCUT2D eigenvalue weighted by Crippen LogP contribution is -2.44. The molecule has 1 unspecified atom stereocenters. The highest BCUT2D eigenvalue weighted by Gasteiger charge is 2.32. The fourth-order valence-electron chi connectivity index (χ4n) is 4.59. The zero-order valence-electron chi connectivity index (χ0n) is 21.1. The molecule has 0 spiro atoms. The van der Waals surface area contributed by atoms with Crippen LogP contribution in [0.4, 0.5) is 9.59 Å². The summed E-state index contributed by atoms with van der Waals surface area (Å²) in [6, 6.07) is 22.1. The first kappa shape index (κ1) is 26.5. The van der Waals surface area contributed by atoms with Gasteiger partial charge in [-0.05, 0) is 33.4 Å². The van der Waals surface area contributed by atoms with E-state index in [2.05, 4.69) is 24.0 Å². The molecule has 0 fully saturated rings. The number of hydrogen-bond acceptors (Lipinski definition) is 5. The lowest BCUT2D eigenvalue weighted by molar-refractivity contribution is -0.142. The van der Waals surface area contributed by atoms with Gasteiger partial charge in [-0.15, -0.1) is 0 Å². The van der Waals surface area contributed by atoms with Gasteiger partial charge in [0.15, 0.2) is 0 Å². The molecular formula is C30H30N2O6. The molecule has 4 rings (SSSR count). The molecule has 1 aliphatic rings. The third-order valence-corrected chi connectivity index (χ3v) is 6.60. The minimum absolute atomic E-state index is 0.102. The van der Waals surface area contributed by atoms with Crippen molar-refractivity contribution in [1.29, 1.82) is 0 Å². The van der Waals surface area contributed by atoms with E-state index < -0.39 is 24.2 Å². The number of nitrogens with zero attached hydrogens (tertiary/aromatic N) is 1. The molecule has 2 N–H and O–H groups in total. The van der Waals surface area contributed by atoms with E-state index in [1.807, 2.05) is 36.4 Å². The summed E-state index contributed by atoms with van der Waals surface area (Å²) < 4.78 is 10.5. The number of likely N-dealkylation sites (N-methyl/N-ethyl adjacent to an activating group) is 1. The van der Waals surface area contributed by atoms with E-state index in [4.69, 9.17) is 9.47 Å². The number of carboxylic acid groups (broad SMARTS) is 1. The SMILES string of the molecule is C=CCOC(=O)NCc1ccc(CC(C(=O)O)N(C)C(=O)OCC2c3ccccc3-c3ccccc32)cc1. The van der Waals surface area contributed by atoms with Crippen molar-refractivity contribution < 1.29 is 29.0 Å². The predicted molar refractivity (Wildman–Crippen MR) is 143 cm³/mol. The van der Waals surface area contributed by atoms with Crippen LogP contribution in [-0.2, 0) is 27.2 Å². The highest BCUT2D eigenvalue weighted by molar-refractivity contribution is 5.81. The lowest BCUT2D eigenvalue weighted by Gasteiger charge is -2.25. The third kappa shape index (κ3) is 6.03. The van der Waals surface area contributed by atoms with Crippen LogP contribution in [0.3, 0.4) is 0 Å². The van der Waals surface area contributed by atoms with Crippen molar-refractivity contribution in [2.75, 3.05) is 20.3 Å². The molecule has 196 valence electrons. The molecule has 8 nitrogen and oxygen atoms in total. The summed E-state index contributed by atoms with van der Waals surface area (Å²) in [6.45, 7) is 3.98. The van der Waals surface area contributed by atoms with Gasteiger partial charge < -0.3 is 19.9 Å². The molecule has 0 aliphatic heterocycles. The van der Waals surface area contributed by atoms with Crippen LogP contribution in [0, 0.1) is 0 Å². The molecule has 3 aromatic carbocycles. The fourth-order valence-corrected chi connectivity index (χ4v) is 4.59. The summed E-state index contributed by atoms with van der Waals surface area (Å²) in [4.78, 5) is 37.7. The van der Waals surface area contributed by atoms with Crippen molar-refractivity contribution in [2.24, 2.45) is 0 Å². The summed E-state index contributed by atoms with van der Waals surface area (Å²) in [5.41, 5.74) is 5.96. The van der Waals surface area contributed by atoms with Crippen LogP contribution in [0.5, 0.6) is 0 Å². The number of fused-ring (bicyclic) bond motifs is 3. The lowest BCUT2D eigenvalue weighted by atomic mass is 9.98. The average Bonchev–Trinajstić information content (AvgIpc) is 3.26. The van der Waals surface area contributed by atoms with E-state index in [1.54, 1.807) is 24.3 Å². The predicted octanol–water partition coefficient (Wildman–Crippen LogP) is 4.98. The van der Waals surface area contributed by atoms with Crippen LogP contribution in [0.2, 0.25) is 0 Å². The molecule has 0 heterocycles. The molecule has 8 heteroatoms. The Morgan fingerprint density at radius 2 is 1.53 bits per heavy atom. The first-order chi connectivity index (χ1) is 18.4. The Hall–Kier alpha value is -4.59. The number of alkyl carbamates (subject to hydrolysis) is 1. The fraction of sp³-hybridized carbons (Fsp3) is 0.233. The monoisotopic (exact) mass is 514 g/mol. The molecular weight excluding hydrogens is 484 g/mol. The zero-order valence-corrected chi connectivity index (χ0v) is 21.1. The van der Waals surface area contributed by atoms with Crippen molar-refractivity contribution in [3.05, 3.63) is 108 Å². The molecule has 0 saturated heterocycles. The molecule has 0 saturated carbocycles. The van der Waals surface area contributed by atoms with Gasteiger partial charge in [0.1, 0.15) is 19.3 Å². The number of carboxylic acids is 1. The van der Waals surface area contributed by atoms with Gasteiger partial charge in [-0.2, -0.15) is 0 Å². The minimum Gasteiger partial charge on any atom is -0.480 e. The second kappa shape index (κ2) is 12.1. The Bertz CT molecular complexity index is 1270. The number of nitrogens with one attached hydrogen (secondary N) is 1. The maximum Gasteiger partial charge on any atom is 0.410 e. The van der Waals surface area contributed by atoms with E-state index in [0.717, 1.165) is 38.3 Å². The van der Waals surface area contributed by atoms with Crippen LogP contribution >= 0.6 is 0 Å². The van der Waals surface area contributed by atoms with Gasteiger partial charge in [0.2, 0.25) is 0 Å². The quantitative estimate of drug-likeness (QED) is 0.370. The maximum atomic E-state index is 12.9. The van der Waals surface area contributed by atoms with Crippen molar-refractivity contribution in [3.8, 4) is 11.1 Å². The summed E-state index contributed by atoms with van der Waals surface area (Å²) in [6.07, 6.45) is 0.334. The Labute approximate surface area is 221 Å². The summed E-state index contributed by atoms with van der Waals surface area (Å²) >= 11 is 0. The molecule has 2 amide bonds. The second-order valence-corrected chi connectivity index (χ2v) is 9.03. The van der Waals surface area contributed by atoms with Gasteiger partial charge >= 0.3 is 18.2 Å². The average molecular weight is 515 g/mol. The topological polar surface area (TPSA) is 105 Å². The maximum absolute atomic E-state index is 12.9. The number of hydrogen-bond donors (Lipinski definition) is 2. The molecule has 38 heavy (non-hydrogen) atoms. The van der Waals surface area contributed by atoms with Crippen molar-refractivity contribution >= 4 is 18.2 Å². The van der Waals surface area contributed by atoms with E-state index in [-0.39, 0.29) is 32.1 Å². The number of ether oxygens (including phenoxy) is 2. The summed E-state index contributed by atoms with van der Waals surface area (Å²) in [7, 11) is 1.44. The Morgan fingerprint density at radius 1 is 0.947 bits per heavy atom. The van der Waals surface area contributed by atoms with Gasteiger partial charge in [0.25, 0.3) is 0 Å². The van der Waals surface area contributed by atoms with Gasteiger partial charge in [-0.3, -0.25) is 4.90 Å². The summed E-state index contributed by atoms with van der Waals surface area (Å²) in [5, 5.41) is 12.5. The first-order valence-corrected chi connectivity index (χ1v) is 12.3. The first-order valence-electron chi connectivity index (χ1n) is 12.3. The van der Waals surface area contributed by atoms with E-state index in [0.29, 0.717) is 0 Å². The van der Waals surface area contributed by atoms with Crippen LogP contribution in [0.15, 0.2) is 85.5 Å². The zero-order chi connectivity index (χ0) is 27.1. The van der Waals surface area contributed by atoms with Crippen LogP contribution < -0.4 is 5.32 Å². The van der Waals surface area contributed by atoms with Crippen LogP contribution in [-0.4, -0.2) is 54.5 Å². The number of carbonyl (C=O) groups excluding carboxylic acids is 2. The molecule has 0 radical (unpaired) electrons. The number of benzene rings is 3. The van der Waals surface area contributed by atoms with Crippen molar-refractivity contribution in [3.63, 3.8) is 0 Å². The molecule has 1 atom stereocenters. The summed E-state index contributed by atoms with van der Waals surface area (Å²) in [5.74, 6) is -1.24. The van der Waals surface area contributed by atoms with Crippen molar-refractivity contribution in [2.45, 2.75) is 24.9 Å². The number of carbonyl (C=O) groups is 3. The highest BCUT2D eigenvalue weighted by Crippen LogP contribution is 2.44. The Kier molecular flexibility index (Phi) is 8.43. The third-order valence-electron chi connectivity index (χ3n) is 6.60. The van der Waals surface area contributed by atoms with Gasteiger partial charge in [-0.1, -0.05) is 85.5 Å². The number of amides is 2. The largest absolute Gasteiger partial charge is 0.480 e. The normalized spacial score (nSPS) is 12.6. The van der Waals surface area contributed by atoms with Crippen molar-refractivity contribution in [1.82, 2.24) is 10.2 Å². The number of rotatable bonds is 10. The van der Waals surface area contributed by atoms with Gasteiger partial charge in [-0.25, -0.2) is 14.4 Å². The van der Waals surface area contributed by atoms with Crippen LogP contribution in [0.1, 0.15) is 28.2 Å². The Morgan fingerprint density at radius 3 is 2.11 bits per heavy atom. The molecule has 1 aliphatic carbocycles. The van der Waals surface area contributed by atoms with Crippen LogP contribution in [0.25, 0.3) is 11.1 Å². The number of aliphatic carboxylic acids is 1. The van der Waals surface area contributed by atoms with E-state index in [9.17, 15) is 19.5 Å². The smallest absolute Gasteiger partial charge is 0.410 e. The highest BCUT2D eigenvalue weighted by atomic mass is 16.6. The second-order valence-electron chi connectivity index (χ2n) is 9.03. The van der Waals surface area contributed by atoms with Gasteiger partial charge in [0.05, 0.1) is 0 Å². The molecule has 0 bridgehead atoms. The van der Waals surface area contributed by atoms with E-state index >= 15 is 0 Å². The minimum atomic E-state index is -1.13. The van der Waals surface area contributed by atoms with E-state index in [1.165, 1.54) is 13.1 Å². The van der Waals surface area contributed by atoms with Gasteiger partial charge in [0, 0.05) is 25.9 Å². The Balaban J connectivity index is 1.36. The standard InChI is InChI=1S/C30H30N2O6/c1-3-16-37-29(35)31-18-21-14-12-20(13-15-21)17-27(28(33)34)32(2)30(36)38-19-26-24-10-6-4-8-22(24)23-9-5-7-11-25(23)26/h3-15,26-27H,1,16-19H2,2H3,(H,31,35)(H,33,34). The molecule has 3 aromatic rings.